The number of H-pyrrole nitrogens is 1. The van der Waals surface area contributed by atoms with E-state index in [1.54, 1.807) is 7.11 Å². The second-order valence-electron chi connectivity index (χ2n) is 7.19. The lowest BCUT2D eigenvalue weighted by Gasteiger charge is -2.16. The van der Waals surface area contributed by atoms with Crippen LogP contribution >= 0.6 is 0 Å². The standard InChI is InChI=1S/C20H29N3O2/c1-14-5-6-18-17(11-14)15(2)19(22-18)20(24)21-12-16-7-9-23(13-16)8-4-10-25-3/h5-6,11,16,22H,4,7-10,12-13H2,1-3H3,(H,21,24). The number of amides is 1. The first-order valence-electron chi connectivity index (χ1n) is 9.17. The Labute approximate surface area is 149 Å². The highest BCUT2D eigenvalue weighted by Crippen LogP contribution is 2.23. The molecule has 1 unspecified atom stereocenters. The summed E-state index contributed by atoms with van der Waals surface area (Å²) in [5, 5.41) is 4.26. The highest BCUT2D eigenvalue weighted by atomic mass is 16.5. The topological polar surface area (TPSA) is 57.4 Å². The van der Waals surface area contributed by atoms with E-state index in [0.717, 1.165) is 62.1 Å². The van der Waals surface area contributed by atoms with E-state index in [0.29, 0.717) is 11.6 Å². The lowest BCUT2D eigenvalue weighted by Crippen LogP contribution is -2.31. The zero-order valence-corrected chi connectivity index (χ0v) is 15.5. The van der Waals surface area contributed by atoms with Crippen LogP contribution in [0.4, 0.5) is 0 Å². The minimum absolute atomic E-state index is 0.00388. The van der Waals surface area contributed by atoms with Gasteiger partial charge in [0.15, 0.2) is 0 Å². The molecule has 0 saturated carbocycles. The number of rotatable bonds is 7. The fourth-order valence-electron chi connectivity index (χ4n) is 3.71. The van der Waals surface area contributed by atoms with Crippen molar-refractivity contribution < 1.29 is 9.53 Å². The summed E-state index contributed by atoms with van der Waals surface area (Å²) in [6.07, 6.45) is 2.22. The molecular formula is C20H29N3O2. The zero-order chi connectivity index (χ0) is 17.8. The Balaban J connectivity index is 1.54. The van der Waals surface area contributed by atoms with Crippen LogP contribution in [0.25, 0.3) is 10.9 Å². The van der Waals surface area contributed by atoms with Crippen LogP contribution in [-0.4, -0.2) is 55.7 Å². The van der Waals surface area contributed by atoms with Crippen LogP contribution in [0.15, 0.2) is 18.2 Å². The molecule has 1 aliphatic heterocycles. The number of hydrogen-bond donors (Lipinski definition) is 2. The molecule has 1 aromatic carbocycles. The predicted octanol–water partition coefficient (Wildman–Crippen LogP) is 2.87. The normalized spacial score (nSPS) is 18.1. The monoisotopic (exact) mass is 343 g/mol. The van der Waals surface area contributed by atoms with Crippen LogP contribution in [0.3, 0.4) is 0 Å². The number of carbonyl (C=O) groups is 1. The van der Waals surface area contributed by atoms with E-state index in [9.17, 15) is 4.79 Å². The molecule has 5 nitrogen and oxygen atoms in total. The largest absolute Gasteiger partial charge is 0.385 e. The van der Waals surface area contributed by atoms with Crippen LogP contribution in [0.1, 0.15) is 34.5 Å². The van der Waals surface area contributed by atoms with Gasteiger partial charge < -0.3 is 19.9 Å². The zero-order valence-electron chi connectivity index (χ0n) is 15.5. The number of nitrogens with zero attached hydrogens (tertiary/aromatic N) is 1. The molecule has 2 heterocycles. The molecule has 136 valence electrons. The number of methoxy groups -OCH3 is 1. The lowest BCUT2D eigenvalue weighted by molar-refractivity contribution is 0.0942. The smallest absolute Gasteiger partial charge is 0.268 e. The van der Waals surface area contributed by atoms with Crippen molar-refractivity contribution in [3.8, 4) is 0 Å². The molecule has 3 rings (SSSR count). The van der Waals surface area contributed by atoms with E-state index >= 15 is 0 Å². The highest BCUT2D eigenvalue weighted by molar-refractivity contribution is 6.01. The number of aryl methyl sites for hydroxylation is 2. The molecule has 1 atom stereocenters. The Morgan fingerprint density at radius 2 is 2.24 bits per heavy atom. The maximum Gasteiger partial charge on any atom is 0.268 e. The van der Waals surface area contributed by atoms with E-state index in [2.05, 4.69) is 34.3 Å². The Hall–Kier alpha value is -1.85. The quantitative estimate of drug-likeness (QED) is 0.760. The van der Waals surface area contributed by atoms with Gasteiger partial charge in [-0.3, -0.25) is 4.79 Å². The summed E-state index contributed by atoms with van der Waals surface area (Å²) in [6, 6.07) is 6.24. The van der Waals surface area contributed by atoms with Crippen LogP contribution in [0.2, 0.25) is 0 Å². The van der Waals surface area contributed by atoms with E-state index < -0.39 is 0 Å². The van der Waals surface area contributed by atoms with Gasteiger partial charge in [0.25, 0.3) is 5.91 Å². The molecule has 1 saturated heterocycles. The van der Waals surface area contributed by atoms with Crippen molar-refractivity contribution in [1.29, 1.82) is 0 Å². The van der Waals surface area contributed by atoms with E-state index in [4.69, 9.17) is 4.74 Å². The number of benzene rings is 1. The molecule has 0 spiro atoms. The third-order valence-electron chi connectivity index (χ3n) is 5.18. The molecule has 25 heavy (non-hydrogen) atoms. The molecular weight excluding hydrogens is 314 g/mol. The predicted molar refractivity (Wildman–Crippen MR) is 101 cm³/mol. The van der Waals surface area contributed by atoms with Gasteiger partial charge in [-0.1, -0.05) is 11.6 Å². The number of likely N-dealkylation sites (tertiary alicyclic amines) is 1. The van der Waals surface area contributed by atoms with Gasteiger partial charge in [-0.05, 0) is 56.8 Å². The summed E-state index contributed by atoms with van der Waals surface area (Å²) in [7, 11) is 1.75. The molecule has 1 aromatic heterocycles. The second-order valence-corrected chi connectivity index (χ2v) is 7.19. The Kier molecular flexibility index (Phi) is 5.76. The first-order chi connectivity index (χ1) is 12.1. The second kappa shape index (κ2) is 8.02. The maximum atomic E-state index is 12.6. The van der Waals surface area contributed by atoms with Gasteiger partial charge in [-0.15, -0.1) is 0 Å². The van der Waals surface area contributed by atoms with Crippen molar-refractivity contribution in [2.75, 3.05) is 39.9 Å². The number of ether oxygens (including phenoxy) is 1. The SMILES string of the molecule is COCCCN1CCC(CNC(=O)c2[nH]c3ccc(C)cc3c2C)C1. The summed E-state index contributed by atoms with van der Waals surface area (Å²) in [4.78, 5) is 18.3. The third-order valence-corrected chi connectivity index (χ3v) is 5.18. The molecule has 1 fully saturated rings. The fourth-order valence-corrected chi connectivity index (χ4v) is 3.71. The summed E-state index contributed by atoms with van der Waals surface area (Å²) in [5.74, 6) is 0.544. The number of hydrogen-bond acceptors (Lipinski definition) is 3. The molecule has 0 bridgehead atoms. The molecule has 5 heteroatoms. The fraction of sp³-hybridized carbons (Fsp3) is 0.550. The molecule has 2 aromatic rings. The van der Waals surface area contributed by atoms with Gasteiger partial charge in [0.2, 0.25) is 0 Å². The van der Waals surface area contributed by atoms with Crippen molar-refractivity contribution >= 4 is 16.8 Å². The van der Waals surface area contributed by atoms with Crippen LogP contribution in [0.5, 0.6) is 0 Å². The van der Waals surface area contributed by atoms with Crippen LogP contribution in [-0.2, 0) is 4.74 Å². The van der Waals surface area contributed by atoms with Gasteiger partial charge in [0, 0.05) is 44.3 Å². The van der Waals surface area contributed by atoms with Crippen LogP contribution in [0, 0.1) is 19.8 Å². The number of nitrogens with one attached hydrogen (secondary N) is 2. The number of aromatic amines is 1. The first-order valence-corrected chi connectivity index (χ1v) is 9.17. The van der Waals surface area contributed by atoms with Crippen molar-refractivity contribution in [3.05, 3.63) is 35.0 Å². The van der Waals surface area contributed by atoms with Crippen molar-refractivity contribution in [3.63, 3.8) is 0 Å². The van der Waals surface area contributed by atoms with Crippen molar-refractivity contribution in [1.82, 2.24) is 15.2 Å². The molecule has 1 aliphatic rings. The minimum atomic E-state index is 0.00388. The summed E-state index contributed by atoms with van der Waals surface area (Å²) >= 11 is 0. The van der Waals surface area contributed by atoms with E-state index in [1.165, 1.54) is 5.56 Å². The van der Waals surface area contributed by atoms with E-state index in [-0.39, 0.29) is 5.91 Å². The van der Waals surface area contributed by atoms with Gasteiger partial charge in [0.1, 0.15) is 5.69 Å². The minimum Gasteiger partial charge on any atom is -0.385 e. The average Bonchev–Trinajstić information content (AvgIpc) is 3.18. The summed E-state index contributed by atoms with van der Waals surface area (Å²) < 4.78 is 5.11. The number of fused-ring (bicyclic) bond motifs is 1. The van der Waals surface area contributed by atoms with Gasteiger partial charge in [-0.2, -0.15) is 0 Å². The Morgan fingerprint density at radius 1 is 1.40 bits per heavy atom. The average molecular weight is 343 g/mol. The third kappa shape index (κ3) is 4.22. The molecule has 0 aliphatic carbocycles. The Bertz CT molecular complexity index is 738. The Morgan fingerprint density at radius 3 is 3.04 bits per heavy atom. The van der Waals surface area contributed by atoms with Crippen molar-refractivity contribution in [2.24, 2.45) is 5.92 Å². The number of carbonyl (C=O) groups excluding carboxylic acids is 1. The first kappa shape index (κ1) is 18.0. The number of aromatic nitrogens is 1. The molecule has 0 radical (unpaired) electrons. The molecule has 2 N–H and O–H groups in total. The highest BCUT2D eigenvalue weighted by Gasteiger charge is 2.23. The van der Waals surface area contributed by atoms with Gasteiger partial charge in [0.05, 0.1) is 0 Å². The maximum absolute atomic E-state index is 12.6. The van der Waals surface area contributed by atoms with Crippen LogP contribution < -0.4 is 5.32 Å². The van der Waals surface area contributed by atoms with E-state index in [1.807, 2.05) is 13.0 Å². The molecule has 1 amide bonds. The van der Waals surface area contributed by atoms with Gasteiger partial charge >= 0.3 is 0 Å². The summed E-state index contributed by atoms with van der Waals surface area (Å²) in [5.41, 5.74) is 3.96. The van der Waals surface area contributed by atoms with Gasteiger partial charge in [-0.25, -0.2) is 0 Å². The van der Waals surface area contributed by atoms with Crippen molar-refractivity contribution in [2.45, 2.75) is 26.7 Å². The lowest BCUT2D eigenvalue weighted by atomic mass is 10.1. The summed E-state index contributed by atoms with van der Waals surface area (Å²) in [6.45, 7) is 8.91.